The quantitative estimate of drug-likeness (QED) is 0.762. The summed E-state index contributed by atoms with van der Waals surface area (Å²) in [5, 5.41) is 21.2. The Bertz CT molecular complexity index is 856. The van der Waals surface area contributed by atoms with Crippen LogP contribution in [0, 0.1) is 5.92 Å². The van der Waals surface area contributed by atoms with Crippen molar-refractivity contribution in [3.05, 3.63) is 48.8 Å². The molecule has 4 rings (SSSR count). The molecular formula is C20H22N2O2. The summed E-state index contributed by atoms with van der Waals surface area (Å²) in [5.74, 6) is 1.67. The van der Waals surface area contributed by atoms with E-state index in [4.69, 9.17) is 0 Å². The topological polar surface area (TPSA) is 58.3 Å². The predicted molar refractivity (Wildman–Crippen MR) is 94.9 cm³/mol. The zero-order chi connectivity index (χ0) is 16.5. The number of rotatable bonds is 3. The highest BCUT2D eigenvalue weighted by atomic mass is 16.3. The summed E-state index contributed by atoms with van der Waals surface area (Å²) in [6.45, 7) is 0.278. The van der Waals surface area contributed by atoms with E-state index in [1.54, 1.807) is 12.1 Å². The number of hydrogen-bond donors (Lipinski definition) is 2. The number of aromatic hydroxyl groups is 1. The molecule has 1 heterocycles. The third-order valence-corrected chi connectivity index (χ3v) is 5.16. The standard InChI is InChI=1S/C20H22N2O2/c23-13-14-2-1-3-18(10-14)22-9-8-21-20(22)17-5-4-16-12-19(24)7-6-15(16)11-17/h4-9,11-12,14,18,23-24H,1-3,10,13H2/t14-,18+/m0/s1. The molecule has 1 aliphatic carbocycles. The molecule has 0 radical (unpaired) electrons. The van der Waals surface area contributed by atoms with Crippen LogP contribution in [0.25, 0.3) is 22.2 Å². The van der Waals surface area contributed by atoms with Crippen molar-refractivity contribution in [1.29, 1.82) is 0 Å². The molecule has 0 saturated heterocycles. The molecule has 2 aromatic carbocycles. The van der Waals surface area contributed by atoms with E-state index in [1.165, 1.54) is 0 Å². The molecule has 4 heteroatoms. The Morgan fingerprint density at radius 1 is 1.08 bits per heavy atom. The maximum atomic E-state index is 9.61. The van der Waals surface area contributed by atoms with Crippen molar-refractivity contribution in [2.24, 2.45) is 5.92 Å². The van der Waals surface area contributed by atoms with E-state index < -0.39 is 0 Å². The maximum Gasteiger partial charge on any atom is 0.140 e. The Balaban J connectivity index is 1.70. The van der Waals surface area contributed by atoms with Gasteiger partial charge < -0.3 is 14.8 Å². The van der Waals surface area contributed by atoms with Crippen LogP contribution >= 0.6 is 0 Å². The summed E-state index contributed by atoms with van der Waals surface area (Å²) in [4.78, 5) is 4.59. The number of nitrogens with zero attached hydrogens (tertiary/aromatic N) is 2. The van der Waals surface area contributed by atoms with Gasteiger partial charge in [-0.05, 0) is 54.2 Å². The van der Waals surface area contributed by atoms with E-state index in [-0.39, 0.29) is 12.4 Å². The largest absolute Gasteiger partial charge is 0.508 e. The van der Waals surface area contributed by atoms with Crippen LogP contribution in [0.4, 0.5) is 0 Å². The number of phenols is 1. The van der Waals surface area contributed by atoms with E-state index in [1.807, 2.05) is 18.3 Å². The summed E-state index contributed by atoms with van der Waals surface area (Å²) < 4.78 is 2.27. The second-order valence-electron chi connectivity index (χ2n) is 6.77. The number of benzene rings is 2. The van der Waals surface area contributed by atoms with Crippen LogP contribution in [0.3, 0.4) is 0 Å². The van der Waals surface area contributed by atoms with Crippen LogP contribution in [0.15, 0.2) is 48.8 Å². The van der Waals surface area contributed by atoms with Crippen molar-refractivity contribution in [3.63, 3.8) is 0 Å². The highest BCUT2D eigenvalue weighted by molar-refractivity contribution is 5.87. The lowest BCUT2D eigenvalue weighted by Crippen LogP contribution is -2.21. The monoisotopic (exact) mass is 322 g/mol. The second kappa shape index (κ2) is 6.29. The van der Waals surface area contributed by atoms with E-state index in [0.717, 1.165) is 47.8 Å². The lowest BCUT2D eigenvalue weighted by atomic mass is 9.86. The summed E-state index contributed by atoms with van der Waals surface area (Å²) >= 11 is 0. The van der Waals surface area contributed by atoms with Crippen LogP contribution in [-0.2, 0) is 0 Å². The smallest absolute Gasteiger partial charge is 0.140 e. The highest BCUT2D eigenvalue weighted by Gasteiger charge is 2.24. The van der Waals surface area contributed by atoms with Crippen molar-refractivity contribution in [1.82, 2.24) is 9.55 Å². The first-order valence-electron chi connectivity index (χ1n) is 8.61. The molecule has 2 atom stereocenters. The zero-order valence-corrected chi connectivity index (χ0v) is 13.6. The summed E-state index contributed by atoms with van der Waals surface area (Å²) in [6.07, 6.45) is 8.35. The van der Waals surface area contributed by atoms with Crippen LogP contribution in [0.2, 0.25) is 0 Å². The van der Waals surface area contributed by atoms with Gasteiger partial charge >= 0.3 is 0 Å². The lowest BCUT2D eigenvalue weighted by Gasteiger charge is -2.30. The van der Waals surface area contributed by atoms with Gasteiger partial charge in [0.15, 0.2) is 0 Å². The van der Waals surface area contributed by atoms with Gasteiger partial charge in [-0.15, -0.1) is 0 Å². The van der Waals surface area contributed by atoms with Gasteiger partial charge in [0.25, 0.3) is 0 Å². The fourth-order valence-electron chi connectivity index (χ4n) is 3.88. The molecule has 0 amide bonds. The van der Waals surface area contributed by atoms with Crippen molar-refractivity contribution < 1.29 is 10.2 Å². The van der Waals surface area contributed by atoms with E-state index in [0.29, 0.717) is 12.0 Å². The van der Waals surface area contributed by atoms with Gasteiger partial charge in [-0.2, -0.15) is 0 Å². The van der Waals surface area contributed by atoms with Crippen LogP contribution in [-0.4, -0.2) is 26.4 Å². The van der Waals surface area contributed by atoms with Gasteiger partial charge in [0.1, 0.15) is 11.6 Å². The third kappa shape index (κ3) is 2.78. The lowest BCUT2D eigenvalue weighted by molar-refractivity contribution is 0.163. The van der Waals surface area contributed by atoms with Gasteiger partial charge in [-0.25, -0.2) is 4.98 Å². The Morgan fingerprint density at radius 2 is 1.92 bits per heavy atom. The molecule has 1 aromatic heterocycles. The molecule has 1 fully saturated rings. The molecule has 0 bridgehead atoms. The molecule has 1 saturated carbocycles. The Morgan fingerprint density at radius 3 is 2.79 bits per heavy atom. The number of aromatic nitrogens is 2. The molecule has 3 aromatic rings. The Kier molecular flexibility index (Phi) is 3.98. The number of aliphatic hydroxyl groups excluding tert-OH is 1. The van der Waals surface area contributed by atoms with Crippen LogP contribution < -0.4 is 0 Å². The highest BCUT2D eigenvalue weighted by Crippen LogP contribution is 2.35. The third-order valence-electron chi connectivity index (χ3n) is 5.16. The molecule has 4 nitrogen and oxygen atoms in total. The minimum Gasteiger partial charge on any atom is -0.508 e. The second-order valence-corrected chi connectivity index (χ2v) is 6.77. The van der Waals surface area contributed by atoms with E-state index in [2.05, 4.69) is 27.9 Å². The molecule has 0 aliphatic heterocycles. The number of hydrogen-bond acceptors (Lipinski definition) is 3. The minimum atomic E-state index is 0.278. The van der Waals surface area contributed by atoms with Gasteiger partial charge in [0.2, 0.25) is 0 Å². The molecule has 124 valence electrons. The Hall–Kier alpha value is -2.33. The number of imidazole rings is 1. The SMILES string of the molecule is OC[C@H]1CCC[C@@H](n2ccnc2-c2ccc3cc(O)ccc3c2)C1. The van der Waals surface area contributed by atoms with Gasteiger partial charge in [0, 0.05) is 30.6 Å². The van der Waals surface area contributed by atoms with Crippen LogP contribution in [0.1, 0.15) is 31.7 Å². The van der Waals surface area contributed by atoms with Gasteiger partial charge in [0.05, 0.1) is 0 Å². The number of aliphatic hydroxyl groups is 1. The molecule has 0 spiro atoms. The fourth-order valence-corrected chi connectivity index (χ4v) is 3.88. The molecule has 0 unspecified atom stereocenters. The molecule has 1 aliphatic rings. The average Bonchev–Trinajstić information content (AvgIpc) is 3.11. The van der Waals surface area contributed by atoms with E-state index >= 15 is 0 Å². The fraction of sp³-hybridized carbons (Fsp3) is 0.350. The van der Waals surface area contributed by atoms with Gasteiger partial charge in [-0.3, -0.25) is 0 Å². The normalized spacial score (nSPS) is 21.2. The van der Waals surface area contributed by atoms with E-state index in [9.17, 15) is 10.2 Å². The Labute approximate surface area is 141 Å². The first-order chi connectivity index (χ1) is 11.7. The van der Waals surface area contributed by atoms with Crippen molar-refractivity contribution in [3.8, 4) is 17.1 Å². The molecular weight excluding hydrogens is 300 g/mol. The predicted octanol–water partition coefficient (Wildman–Crippen LogP) is 4.13. The van der Waals surface area contributed by atoms with Crippen LogP contribution in [0.5, 0.6) is 5.75 Å². The summed E-state index contributed by atoms with van der Waals surface area (Å²) in [7, 11) is 0. The first kappa shape index (κ1) is 15.2. The van der Waals surface area contributed by atoms with Crippen molar-refractivity contribution in [2.45, 2.75) is 31.7 Å². The molecule has 24 heavy (non-hydrogen) atoms. The summed E-state index contributed by atoms with van der Waals surface area (Å²) in [5.41, 5.74) is 1.09. The molecule has 2 N–H and O–H groups in total. The van der Waals surface area contributed by atoms with Gasteiger partial charge in [-0.1, -0.05) is 24.6 Å². The average molecular weight is 322 g/mol. The number of phenolic OH excluding ortho intramolecular Hbond substituents is 1. The zero-order valence-electron chi connectivity index (χ0n) is 13.6. The first-order valence-corrected chi connectivity index (χ1v) is 8.61. The van der Waals surface area contributed by atoms with Crippen molar-refractivity contribution >= 4 is 10.8 Å². The maximum absolute atomic E-state index is 9.61. The van der Waals surface area contributed by atoms with Crippen molar-refractivity contribution in [2.75, 3.05) is 6.61 Å². The minimum absolute atomic E-state index is 0.278. The number of fused-ring (bicyclic) bond motifs is 1. The summed E-state index contributed by atoms with van der Waals surface area (Å²) in [6, 6.07) is 12.0.